The lowest BCUT2D eigenvalue weighted by Crippen LogP contribution is -2.46. The summed E-state index contributed by atoms with van der Waals surface area (Å²) in [5, 5.41) is 0. The third kappa shape index (κ3) is 4.15. The number of carbonyl (C=O) groups excluding carboxylic acids is 1. The van der Waals surface area contributed by atoms with Gasteiger partial charge in [0.25, 0.3) is 5.91 Å². The Labute approximate surface area is 177 Å². The van der Waals surface area contributed by atoms with Crippen molar-refractivity contribution in [1.29, 1.82) is 0 Å². The van der Waals surface area contributed by atoms with Gasteiger partial charge in [0.15, 0.2) is 0 Å². The van der Waals surface area contributed by atoms with E-state index in [0.29, 0.717) is 23.5 Å². The average molecular weight is 404 g/mol. The summed E-state index contributed by atoms with van der Waals surface area (Å²) < 4.78 is 15.0. The van der Waals surface area contributed by atoms with Gasteiger partial charge in [-0.1, -0.05) is 36.4 Å². The molecule has 0 radical (unpaired) electrons. The maximum Gasteiger partial charge on any atom is 0.258 e. The fourth-order valence-electron chi connectivity index (χ4n) is 3.94. The summed E-state index contributed by atoms with van der Waals surface area (Å²) in [5.74, 6) is -0.415. The van der Waals surface area contributed by atoms with Crippen molar-refractivity contribution in [2.24, 2.45) is 0 Å². The van der Waals surface area contributed by atoms with Crippen molar-refractivity contribution in [2.45, 2.75) is 6.92 Å². The Morgan fingerprint density at radius 1 is 0.867 bits per heavy atom. The molecule has 0 aliphatic carbocycles. The van der Waals surface area contributed by atoms with Gasteiger partial charge in [-0.2, -0.15) is 0 Å². The maximum absolute atomic E-state index is 15.0. The van der Waals surface area contributed by atoms with Crippen molar-refractivity contribution >= 4 is 23.0 Å². The molecule has 0 unspecified atom stereocenters. The van der Waals surface area contributed by atoms with E-state index in [1.807, 2.05) is 49.4 Å². The van der Waals surface area contributed by atoms with Crippen LogP contribution in [0.2, 0.25) is 0 Å². The Morgan fingerprint density at radius 2 is 1.47 bits per heavy atom. The molecule has 4 nitrogen and oxygen atoms in total. The lowest BCUT2D eigenvalue weighted by Gasteiger charge is -2.37. The minimum atomic E-state index is -0.292. The van der Waals surface area contributed by atoms with E-state index < -0.39 is 0 Å². The quantitative estimate of drug-likeness (QED) is 0.611. The van der Waals surface area contributed by atoms with Crippen LogP contribution in [0.25, 0.3) is 0 Å². The summed E-state index contributed by atoms with van der Waals surface area (Å²) in [4.78, 5) is 18.8. The number of nitrogens with zero attached hydrogens (tertiary/aromatic N) is 3. The SMILES string of the molecule is CCN(C(=O)c1ccccc1)c1ccc(N2CCN(c3ccccc3)CC2)c(F)c1. The second-order valence-electron chi connectivity index (χ2n) is 7.36. The Kier molecular flexibility index (Phi) is 5.98. The summed E-state index contributed by atoms with van der Waals surface area (Å²) in [6.07, 6.45) is 0. The molecule has 3 aromatic rings. The predicted molar refractivity (Wildman–Crippen MR) is 121 cm³/mol. The van der Waals surface area contributed by atoms with Gasteiger partial charge >= 0.3 is 0 Å². The highest BCUT2D eigenvalue weighted by molar-refractivity contribution is 6.06. The molecule has 154 valence electrons. The van der Waals surface area contributed by atoms with E-state index in [2.05, 4.69) is 21.9 Å². The fourth-order valence-corrected chi connectivity index (χ4v) is 3.94. The van der Waals surface area contributed by atoms with Crippen LogP contribution >= 0.6 is 0 Å². The first kappa shape index (κ1) is 20.0. The van der Waals surface area contributed by atoms with E-state index >= 15 is 4.39 Å². The first-order valence-electron chi connectivity index (χ1n) is 10.4. The minimum Gasteiger partial charge on any atom is -0.368 e. The maximum atomic E-state index is 15.0. The normalized spacial score (nSPS) is 13.9. The van der Waals surface area contributed by atoms with Crippen molar-refractivity contribution < 1.29 is 9.18 Å². The molecule has 0 bridgehead atoms. The second kappa shape index (κ2) is 8.99. The number of halogens is 1. The summed E-state index contributed by atoms with van der Waals surface area (Å²) >= 11 is 0. The molecule has 1 heterocycles. The molecular formula is C25H26FN3O. The van der Waals surface area contributed by atoms with E-state index in [0.717, 1.165) is 26.2 Å². The number of amides is 1. The van der Waals surface area contributed by atoms with Gasteiger partial charge in [0.2, 0.25) is 0 Å². The Hall–Kier alpha value is -3.34. The molecule has 1 aliphatic rings. The van der Waals surface area contributed by atoms with E-state index in [4.69, 9.17) is 0 Å². The van der Waals surface area contributed by atoms with Crippen LogP contribution in [-0.4, -0.2) is 38.6 Å². The summed E-state index contributed by atoms with van der Waals surface area (Å²) in [5.41, 5.74) is 2.97. The van der Waals surface area contributed by atoms with Crippen LogP contribution in [0.4, 0.5) is 21.5 Å². The molecule has 30 heavy (non-hydrogen) atoms. The highest BCUT2D eigenvalue weighted by Gasteiger charge is 2.22. The molecule has 3 aromatic carbocycles. The molecule has 5 heteroatoms. The standard InChI is InChI=1S/C25H26FN3O/c1-2-29(25(30)20-9-5-3-6-10-20)22-13-14-24(23(26)19-22)28-17-15-27(16-18-28)21-11-7-4-8-12-21/h3-14,19H,2,15-18H2,1H3. The number of piperazine rings is 1. The van der Waals surface area contributed by atoms with Crippen molar-refractivity contribution in [3.63, 3.8) is 0 Å². The van der Waals surface area contributed by atoms with Crippen LogP contribution in [0.3, 0.4) is 0 Å². The largest absolute Gasteiger partial charge is 0.368 e. The molecular weight excluding hydrogens is 377 g/mol. The lowest BCUT2D eigenvalue weighted by molar-refractivity contribution is 0.0988. The number of carbonyl (C=O) groups is 1. The first-order chi connectivity index (χ1) is 14.7. The molecule has 1 aliphatic heterocycles. The minimum absolute atomic E-state index is 0.123. The highest BCUT2D eigenvalue weighted by Crippen LogP contribution is 2.27. The molecule has 0 spiro atoms. The Balaban J connectivity index is 1.47. The zero-order valence-electron chi connectivity index (χ0n) is 17.2. The Bertz CT molecular complexity index is 986. The van der Waals surface area contributed by atoms with Crippen LogP contribution in [0, 0.1) is 5.82 Å². The van der Waals surface area contributed by atoms with E-state index in [1.54, 1.807) is 23.1 Å². The fraction of sp³-hybridized carbons (Fsp3) is 0.240. The van der Waals surface area contributed by atoms with Gasteiger partial charge in [-0.3, -0.25) is 4.79 Å². The van der Waals surface area contributed by atoms with Crippen LogP contribution in [-0.2, 0) is 0 Å². The second-order valence-corrected chi connectivity index (χ2v) is 7.36. The molecule has 4 rings (SSSR count). The number of benzene rings is 3. The molecule has 1 amide bonds. The van der Waals surface area contributed by atoms with Gasteiger partial charge in [0.05, 0.1) is 5.69 Å². The third-order valence-electron chi connectivity index (χ3n) is 5.57. The van der Waals surface area contributed by atoms with Gasteiger partial charge in [0, 0.05) is 49.7 Å². The van der Waals surface area contributed by atoms with Gasteiger partial charge < -0.3 is 14.7 Å². The monoisotopic (exact) mass is 403 g/mol. The highest BCUT2D eigenvalue weighted by atomic mass is 19.1. The molecule has 0 N–H and O–H groups in total. The topological polar surface area (TPSA) is 26.8 Å². The lowest BCUT2D eigenvalue weighted by atomic mass is 10.1. The number of anilines is 3. The smallest absolute Gasteiger partial charge is 0.258 e. The van der Waals surface area contributed by atoms with E-state index in [-0.39, 0.29) is 11.7 Å². The predicted octanol–water partition coefficient (Wildman–Crippen LogP) is 4.82. The summed E-state index contributed by atoms with van der Waals surface area (Å²) in [6, 6.07) is 24.5. The number of rotatable bonds is 5. The van der Waals surface area contributed by atoms with Crippen molar-refractivity contribution in [2.75, 3.05) is 47.4 Å². The van der Waals surface area contributed by atoms with Crippen molar-refractivity contribution in [1.82, 2.24) is 0 Å². The molecule has 0 saturated carbocycles. The van der Waals surface area contributed by atoms with Crippen molar-refractivity contribution in [3.8, 4) is 0 Å². The van der Waals surface area contributed by atoms with E-state index in [1.165, 1.54) is 11.8 Å². The molecule has 1 saturated heterocycles. The van der Waals surface area contributed by atoms with Crippen molar-refractivity contribution in [3.05, 3.63) is 90.2 Å². The van der Waals surface area contributed by atoms with E-state index in [9.17, 15) is 4.79 Å². The summed E-state index contributed by atoms with van der Waals surface area (Å²) in [7, 11) is 0. The number of hydrogen-bond donors (Lipinski definition) is 0. The Morgan fingerprint density at radius 3 is 2.07 bits per heavy atom. The van der Waals surface area contributed by atoms with Crippen LogP contribution < -0.4 is 14.7 Å². The zero-order valence-corrected chi connectivity index (χ0v) is 17.2. The molecule has 0 aromatic heterocycles. The summed E-state index contributed by atoms with van der Waals surface area (Å²) in [6.45, 7) is 5.58. The van der Waals surface area contributed by atoms with Crippen LogP contribution in [0.15, 0.2) is 78.9 Å². The number of para-hydroxylation sites is 1. The molecule has 1 fully saturated rings. The number of hydrogen-bond acceptors (Lipinski definition) is 3. The third-order valence-corrected chi connectivity index (χ3v) is 5.57. The zero-order chi connectivity index (χ0) is 20.9. The average Bonchev–Trinajstić information content (AvgIpc) is 2.81. The molecule has 0 atom stereocenters. The van der Waals surface area contributed by atoms with Gasteiger partial charge in [-0.15, -0.1) is 0 Å². The first-order valence-corrected chi connectivity index (χ1v) is 10.4. The van der Waals surface area contributed by atoms with Crippen LogP contribution in [0.5, 0.6) is 0 Å². The van der Waals surface area contributed by atoms with Gasteiger partial charge in [-0.05, 0) is 49.4 Å². The van der Waals surface area contributed by atoms with Crippen LogP contribution in [0.1, 0.15) is 17.3 Å². The van der Waals surface area contributed by atoms with Gasteiger partial charge in [0.1, 0.15) is 5.82 Å². The van der Waals surface area contributed by atoms with Gasteiger partial charge in [-0.25, -0.2) is 4.39 Å².